The van der Waals surface area contributed by atoms with Crippen molar-refractivity contribution in [3.8, 4) is 0 Å². The van der Waals surface area contributed by atoms with E-state index in [1.165, 1.54) is 12.4 Å². The molecule has 0 radical (unpaired) electrons. The summed E-state index contributed by atoms with van der Waals surface area (Å²) in [6.07, 6.45) is 4.35. The highest BCUT2D eigenvalue weighted by atomic mass is 35.5. The fraction of sp³-hybridized carbons (Fsp3) is 0. The molecule has 2 aromatic rings. The predicted octanol–water partition coefficient (Wildman–Crippen LogP) is 1.59. The first kappa shape index (κ1) is 10.3. The molecule has 0 atom stereocenters. The van der Waals surface area contributed by atoms with Crippen LogP contribution in [0.2, 0.25) is 5.15 Å². The standard InChI is InChI=1S/C4H4N2O2.C3H3ClN2/c7-6(8)5-3-1-2-4-5;4-3-1-2-5-6-3/h1-4H;1-2H,(H,5,6). The Morgan fingerprint density at radius 1 is 1.50 bits per heavy atom. The summed E-state index contributed by atoms with van der Waals surface area (Å²) in [7, 11) is 0. The lowest BCUT2D eigenvalue weighted by atomic mass is 10.7. The van der Waals surface area contributed by atoms with E-state index in [1.54, 1.807) is 24.4 Å². The Bertz CT molecular complexity index is 370. The summed E-state index contributed by atoms with van der Waals surface area (Å²) in [5, 5.41) is 16.0. The monoisotopic (exact) mass is 214 g/mol. The van der Waals surface area contributed by atoms with E-state index in [4.69, 9.17) is 11.6 Å². The highest BCUT2D eigenvalue weighted by Crippen LogP contribution is 1.96. The summed E-state index contributed by atoms with van der Waals surface area (Å²) in [4.78, 5) is 9.83. The van der Waals surface area contributed by atoms with Gasteiger partial charge in [0.25, 0.3) is 0 Å². The number of rotatable bonds is 1. The van der Waals surface area contributed by atoms with Gasteiger partial charge >= 0.3 is 0 Å². The van der Waals surface area contributed by atoms with Crippen LogP contribution in [0, 0.1) is 10.1 Å². The minimum absolute atomic E-state index is 0.500. The number of H-pyrrole nitrogens is 1. The third-order valence-electron chi connectivity index (χ3n) is 1.24. The molecule has 0 unspecified atom stereocenters. The molecule has 0 spiro atoms. The zero-order chi connectivity index (χ0) is 10.4. The van der Waals surface area contributed by atoms with Gasteiger partial charge in [-0.3, -0.25) is 5.10 Å². The molecule has 0 fully saturated rings. The van der Waals surface area contributed by atoms with E-state index in [0.29, 0.717) is 5.15 Å². The SMILES string of the molecule is Clc1ccn[nH]1.O=[N+]([O-])n1cccc1. The molecule has 0 aliphatic carbocycles. The third kappa shape index (κ3) is 3.28. The molecule has 0 aromatic carbocycles. The Balaban J connectivity index is 0.000000146. The fourth-order valence-corrected chi connectivity index (χ4v) is 0.778. The lowest BCUT2D eigenvalue weighted by Crippen LogP contribution is -2.03. The normalized spacial score (nSPS) is 8.93. The van der Waals surface area contributed by atoms with E-state index < -0.39 is 5.03 Å². The van der Waals surface area contributed by atoms with Gasteiger partial charge in [-0.25, -0.2) is 10.1 Å². The van der Waals surface area contributed by atoms with Gasteiger partial charge in [-0.2, -0.15) is 5.10 Å². The molecule has 0 saturated carbocycles. The first-order chi connectivity index (χ1) is 6.70. The molecule has 0 bridgehead atoms. The lowest BCUT2D eigenvalue weighted by Gasteiger charge is -1.83. The van der Waals surface area contributed by atoms with Crippen molar-refractivity contribution in [2.45, 2.75) is 0 Å². The number of aromatic nitrogens is 3. The summed E-state index contributed by atoms with van der Waals surface area (Å²) in [5.41, 5.74) is 0. The van der Waals surface area contributed by atoms with Crippen LogP contribution in [0.15, 0.2) is 36.8 Å². The van der Waals surface area contributed by atoms with Crippen LogP contribution in [0.1, 0.15) is 0 Å². The highest BCUT2D eigenvalue weighted by molar-refractivity contribution is 6.29. The first-order valence-corrected chi connectivity index (χ1v) is 4.00. The minimum Gasteiger partial charge on any atom is -0.267 e. The average molecular weight is 215 g/mol. The van der Waals surface area contributed by atoms with Crippen LogP contribution >= 0.6 is 11.6 Å². The number of halogens is 1. The van der Waals surface area contributed by atoms with E-state index in [1.807, 2.05) is 0 Å². The van der Waals surface area contributed by atoms with E-state index in [2.05, 4.69) is 10.2 Å². The van der Waals surface area contributed by atoms with Crippen molar-refractivity contribution in [1.82, 2.24) is 14.9 Å². The van der Waals surface area contributed by atoms with Crippen LogP contribution in [-0.2, 0) is 0 Å². The van der Waals surface area contributed by atoms with Gasteiger partial charge in [0.1, 0.15) is 5.15 Å². The van der Waals surface area contributed by atoms with Crippen molar-refractivity contribution in [1.29, 1.82) is 0 Å². The Morgan fingerprint density at radius 3 is 2.36 bits per heavy atom. The van der Waals surface area contributed by atoms with Crippen molar-refractivity contribution >= 4 is 11.6 Å². The molecule has 2 heterocycles. The molecule has 74 valence electrons. The molecule has 7 heteroatoms. The highest BCUT2D eigenvalue weighted by Gasteiger charge is 1.93. The average Bonchev–Trinajstić information content (AvgIpc) is 2.75. The van der Waals surface area contributed by atoms with Gasteiger partial charge in [-0.15, -0.1) is 0 Å². The quantitative estimate of drug-likeness (QED) is 0.579. The molecule has 0 amide bonds. The van der Waals surface area contributed by atoms with Crippen LogP contribution in [0.3, 0.4) is 0 Å². The van der Waals surface area contributed by atoms with Crippen molar-refractivity contribution < 1.29 is 5.03 Å². The summed E-state index contributed by atoms with van der Waals surface area (Å²) in [6.45, 7) is 0. The van der Waals surface area contributed by atoms with Crippen molar-refractivity contribution in [2.24, 2.45) is 0 Å². The largest absolute Gasteiger partial charge is 0.267 e. The maximum absolute atomic E-state index is 9.83. The summed E-state index contributed by atoms with van der Waals surface area (Å²) < 4.78 is 0.889. The maximum Gasteiger partial charge on any atom is 0.169 e. The molecule has 0 aliphatic rings. The number of nitrogens with one attached hydrogen (secondary N) is 1. The topological polar surface area (TPSA) is 76.8 Å². The molecular weight excluding hydrogens is 208 g/mol. The van der Waals surface area contributed by atoms with Crippen molar-refractivity contribution in [3.05, 3.63) is 52.1 Å². The fourth-order valence-electron chi connectivity index (χ4n) is 0.673. The van der Waals surface area contributed by atoms with Crippen LogP contribution in [0.5, 0.6) is 0 Å². The summed E-state index contributed by atoms with van der Waals surface area (Å²) in [6, 6.07) is 4.88. The molecule has 2 aromatic heterocycles. The van der Waals surface area contributed by atoms with Gasteiger partial charge in [0, 0.05) is 0 Å². The van der Waals surface area contributed by atoms with E-state index >= 15 is 0 Å². The smallest absolute Gasteiger partial charge is 0.169 e. The van der Waals surface area contributed by atoms with E-state index in [9.17, 15) is 10.1 Å². The van der Waals surface area contributed by atoms with Crippen LogP contribution in [-0.4, -0.2) is 19.9 Å². The van der Waals surface area contributed by atoms with E-state index in [0.717, 1.165) is 4.68 Å². The summed E-state index contributed by atoms with van der Waals surface area (Å²) in [5.74, 6) is 0. The van der Waals surface area contributed by atoms with Gasteiger partial charge < -0.3 is 0 Å². The van der Waals surface area contributed by atoms with Gasteiger partial charge in [-0.05, 0) is 18.2 Å². The van der Waals surface area contributed by atoms with Crippen LogP contribution in [0.25, 0.3) is 0 Å². The molecule has 1 N–H and O–H groups in total. The second kappa shape index (κ2) is 5.03. The summed E-state index contributed by atoms with van der Waals surface area (Å²) >= 11 is 5.34. The van der Waals surface area contributed by atoms with Crippen molar-refractivity contribution in [2.75, 3.05) is 0 Å². The lowest BCUT2D eigenvalue weighted by molar-refractivity contribution is -0.541. The van der Waals surface area contributed by atoms with Crippen LogP contribution in [0.4, 0.5) is 0 Å². The first-order valence-electron chi connectivity index (χ1n) is 3.62. The number of hydrogen-bond donors (Lipinski definition) is 1. The molecule has 0 aliphatic heterocycles. The van der Waals surface area contributed by atoms with Gasteiger partial charge in [0.2, 0.25) is 0 Å². The number of nitrogens with zero attached hydrogens (tertiary/aromatic N) is 3. The third-order valence-corrected chi connectivity index (χ3v) is 1.45. The Morgan fingerprint density at radius 2 is 2.14 bits per heavy atom. The van der Waals surface area contributed by atoms with E-state index in [-0.39, 0.29) is 0 Å². The number of hydrogen-bond acceptors (Lipinski definition) is 3. The number of aromatic amines is 1. The molecule has 14 heavy (non-hydrogen) atoms. The van der Waals surface area contributed by atoms with Gasteiger partial charge in [0.15, 0.2) is 5.03 Å². The van der Waals surface area contributed by atoms with Crippen molar-refractivity contribution in [3.63, 3.8) is 0 Å². The van der Waals surface area contributed by atoms with Gasteiger partial charge in [0.05, 0.1) is 18.6 Å². The second-order valence-corrected chi connectivity index (χ2v) is 2.61. The Kier molecular flexibility index (Phi) is 3.69. The molecule has 6 nitrogen and oxygen atoms in total. The number of nitro groups is 1. The Hall–Kier alpha value is -1.82. The van der Waals surface area contributed by atoms with Crippen LogP contribution < -0.4 is 0 Å². The zero-order valence-electron chi connectivity index (χ0n) is 7.00. The Labute approximate surface area is 84.2 Å². The zero-order valence-corrected chi connectivity index (χ0v) is 7.76. The predicted molar refractivity (Wildman–Crippen MR) is 50.4 cm³/mol. The molecular formula is C7H7ClN4O2. The molecule has 2 rings (SSSR count). The van der Waals surface area contributed by atoms with Gasteiger partial charge in [-0.1, -0.05) is 16.3 Å². The molecule has 0 saturated heterocycles. The maximum atomic E-state index is 9.83. The minimum atomic E-state index is -0.500. The second-order valence-electron chi connectivity index (χ2n) is 2.21.